The smallest absolute Gasteiger partial charge is 0.331 e. The van der Waals surface area contributed by atoms with Crippen LogP contribution in [0.25, 0.3) is 0 Å². The Balaban J connectivity index is 2.79. The van der Waals surface area contributed by atoms with Crippen LogP contribution in [0.5, 0.6) is 11.5 Å². The van der Waals surface area contributed by atoms with E-state index in [1.54, 1.807) is 19.9 Å². The van der Waals surface area contributed by atoms with Crippen molar-refractivity contribution in [3.05, 3.63) is 58.2 Å². The summed E-state index contributed by atoms with van der Waals surface area (Å²) in [6.45, 7) is 7.51. The quantitative estimate of drug-likeness (QED) is 0.217. The van der Waals surface area contributed by atoms with Crippen LogP contribution in [0.15, 0.2) is 51.8 Å². The molecular weight excluding hydrogens is 400 g/mol. The largest absolute Gasteiger partial charge is 0.496 e. The van der Waals surface area contributed by atoms with E-state index in [4.69, 9.17) is 14.2 Å². The number of hydrogen-bond acceptors (Lipinski definition) is 8. The molecule has 0 fully saturated rings. The maximum absolute atomic E-state index is 12.4. The van der Waals surface area contributed by atoms with Crippen molar-refractivity contribution in [1.29, 1.82) is 0 Å². The van der Waals surface area contributed by atoms with Gasteiger partial charge in [0.2, 0.25) is 0 Å². The molecule has 0 saturated heterocycles. The summed E-state index contributed by atoms with van der Waals surface area (Å²) in [4.78, 5) is 12.4. The second kappa shape index (κ2) is 10.5. The lowest BCUT2D eigenvalue weighted by Gasteiger charge is -2.25. The van der Waals surface area contributed by atoms with Crippen LogP contribution in [0.4, 0.5) is 0 Å². The summed E-state index contributed by atoms with van der Waals surface area (Å²) in [5, 5.41) is 25.7. The third-order valence-electron chi connectivity index (χ3n) is 4.58. The summed E-state index contributed by atoms with van der Waals surface area (Å²) in [7, 11) is 2.93. The van der Waals surface area contributed by atoms with Crippen molar-refractivity contribution < 1.29 is 29.4 Å². The van der Waals surface area contributed by atoms with Crippen LogP contribution in [-0.2, 0) is 9.53 Å². The Hall–Kier alpha value is -3.55. The number of carbonyl (C=O) groups excluding carboxylic acids is 1. The van der Waals surface area contributed by atoms with Crippen LogP contribution in [-0.4, -0.2) is 42.0 Å². The zero-order valence-electron chi connectivity index (χ0n) is 18.6. The normalized spacial score (nSPS) is 15.8. The standard InChI is InChI=1S/C23H28N2O6/c1-13(2)7-10-18(31-20(26)11-14(3)4)15-12-19(29-5)21-16(24-27)8-9-17(25-28)22(21)23(15)30-6/h7-9,11-12,18,27-28H,10H2,1-6H3/t18-/m0/s1. The van der Waals surface area contributed by atoms with Crippen LogP contribution >= 0.6 is 0 Å². The van der Waals surface area contributed by atoms with E-state index < -0.39 is 12.1 Å². The van der Waals surface area contributed by atoms with Gasteiger partial charge in [0.15, 0.2) is 0 Å². The first-order chi connectivity index (χ1) is 14.8. The fraction of sp³-hybridized carbons (Fsp3) is 0.348. The minimum Gasteiger partial charge on any atom is -0.496 e. The average Bonchev–Trinajstić information content (AvgIpc) is 2.73. The molecule has 0 heterocycles. The molecule has 8 heteroatoms. The number of ether oxygens (including phenoxy) is 3. The Labute approximate surface area is 181 Å². The average molecular weight is 428 g/mol. The zero-order valence-corrected chi connectivity index (χ0v) is 18.6. The second-order valence-electron chi connectivity index (χ2n) is 7.42. The number of benzene rings is 1. The molecule has 1 atom stereocenters. The Bertz CT molecular complexity index is 994. The Morgan fingerprint density at radius 3 is 2.10 bits per heavy atom. The Morgan fingerprint density at radius 2 is 1.61 bits per heavy atom. The van der Waals surface area contributed by atoms with Gasteiger partial charge in [-0.25, -0.2) is 4.79 Å². The van der Waals surface area contributed by atoms with Crippen molar-refractivity contribution in [2.45, 2.75) is 40.2 Å². The number of hydrogen-bond donors (Lipinski definition) is 2. The SMILES string of the molecule is COc1cc([C@H](CC=C(C)C)OC(=O)C=C(C)C)c(OC)c2c1C(=NO)C=CC2=NO. The molecule has 0 saturated carbocycles. The van der Waals surface area contributed by atoms with Gasteiger partial charge in [-0.15, -0.1) is 0 Å². The van der Waals surface area contributed by atoms with Crippen LogP contribution in [0.3, 0.4) is 0 Å². The summed E-state index contributed by atoms with van der Waals surface area (Å²) in [5.41, 5.74) is 3.57. The van der Waals surface area contributed by atoms with Gasteiger partial charge in [0.05, 0.1) is 25.3 Å². The number of methoxy groups -OCH3 is 2. The number of esters is 1. The predicted octanol–water partition coefficient (Wildman–Crippen LogP) is 4.54. The van der Waals surface area contributed by atoms with Crippen LogP contribution in [0.2, 0.25) is 0 Å². The highest BCUT2D eigenvalue weighted by atomic mass is 16.5. The summed E-state index contributed by atoms with van der Waals surface area (Å²) in [5.74, 6) is 0.190. The van der Waals surface area contributed by atoms with Gasteiger partial charge in [0, 0.05) is 18.1 Å². The molecule has 1 aromatic carbocycles. The van der Waals surface area contributed by atoms with E-state index in [1.807, 2.05) is 19.9 Å². The Kier molecular flexibility index (Phi) is 8.01. The minimum absolute atomic E-state index is 0.191. The lowest BCUT2D eigenvalue weighted by atomic mass is 9.88. The molecule has 31 heavy (non-hydrogen) atoms. The lowest BCUT2D eigenvalue weighted by molar-refractivity contribution is -0.143. The van der Waals surface area contributed by atoms with Crippen molar-refractivity contribution in [2.75, 3.05) is 14.2 Å². The summed E-state index contributed by atoms with van der Waals surface area (Å²) >= 11 is 0. The Morgan fingerprint density at radius 1 is 1.00 bits per heavy atom. The van der Waals surface area contributed by atoms with Crippen LogP contribution in [0, 0.1) is 0 Å². The molecule has 1 aliphatic rings. The topological polar surface area (TPSA) is 110 Å². The maximum atomic E-state index is 12.4. The van der Waals surface area contributed by atoms with Crippen molar-refractivity contribution in [3.63, 3.8) is 0 Å². The van der Waals surface area contributed by atoms with Crippen LogP contribution < -0.4 is 9.47 Å². The molecule has 0 spiro atoms. The van der Waals surface area contributed by atoms with E-state index in [9.17, 15) is 15.2 Å². The molecule has 0 radical (unpaired) electrons. The molecule has 1 aliphatic carbocycles. The van der Waals surface area contributed by atoms with Gasteiger partial charge in [0.25, 0.3) is 0 Å². The number of nitrogens with zero attached hydrogens (tertiary/aromatic N) is 2. The van der Waals surface area contributed by atoms with Gasteiger partial charge >= 0.3 is 5.97 Å². The van der Waals surface area contributed by atoms with Gasteiger partial charge in [-0.1, -0.05) is 27.5 Å². The molecule has 2 rings (SSSR count). The van der Waals surface area contributed by atoms with Crippen LogP contribution in [0.1, 0.15) is 56.9 Å². The third kappa shape index (κ3) is 5.33. The highest BCUT2D eigenvalue weighted by Gasteiger charge is 2.31. The van der Waals surface area contributed by atoms with Gasteiger partial charge in [-0.3, -0.25) is 0 Å². The van der Waals surface area contributed by atoms with E-state index in [2.05, 4.69) is 10.3 Å². The lowest BCUT2D eigenvalue weighted by Crippen LogP contribution is -2.19. The third-order valence-corrected chi connectivity index (χ3v) is 4.58. The molecule has 1 aromatic rings. The van der Waals surface area contributed by atoms with E-state index in [0.717, 1.165) is 11.1 Å². The summed E-state index contributed by atoms with van der Waals surface area (Å²) in [6, 6.07) is 1.68. The van der Waals surface area contributed by atoms with Crippen molar-refractivity contribution in [1.82, 2.24) is 0 Å². The molecule has 2 N–H and O–H groups in total. The maximum Gasteiger partial charge on any atom is 0.331 e. The molecule has 0 aliphatic heterocycles. The van der Waals surface area contributed by atoms with Crippen molar-refractivity contribution >= 4 is 17.4 Å². The number of oxime groups is 2. The fourth-order valence-corrected chi connectivity index (χ4v) is 3.26. The number of carbonyl (C=O) groups is 1. The summed E-state index contributed by atoms with van der Waals surface area (Å²) in [6.07, 6.45) is 6.04. The first kappa shape index (κ1) is 23.7. The van der Waals surface area contributed by atoms with E-state index in [0.29, 0.717) is 34.6 Å². The van der Waals surface area contributed by atoms with Gasteiger partial charge in [-0.05, 0) is 45.9 Å². The number of rotatable bonds is 7. The second-order valence-corrected chi connectivity index (χ2v) is 7.42. The highest BCUT2D eigenvalue weighted by Crippen LogP contribution is 2.42. The highest BCUT2D eigenvalue weighted by molar-refractivity contribution is 6.27. The molecule has 0 unspecified atom stereocenters. The van der Waals surface area contributed by atoms with Gasteiger partial charge in [-0.2, -0.15) is 0 Å². The monoisotopic (exact) mass is 428 g/mol. The van der Waals surface area contributed by atoms with E-state index in [1.165, 1.54) is 32.4 Å². The molecule has 166 valence electrons. The predicted molar refractivity (Wildman–Crippen MR) is 118 cm³/mol. The van der Waals surface area contributed by atoms with E-state index in [-0.39, 0.29) is 11.4 Å². The zero-order chi connectivity index (χ0) is 23.1. The first-order valence-electron chi connectivity index (χ1n) is 9.68. The molecule has 0 amide bonds. The van der Waals surface area contributed by atoms with Gasteiger partial charge < -0.3 is 24.6 Å². The molecule has 0 bridgehead atoms. The molecular formula is C23H28N2O6. The van der Waals surface area contributed by atoms with Crippen molar-refractivity contribution in [3.8, 4) is 11.5 Å². The fourth-order valence-electron chi connectivity index (χ4n) is 3.26. The molecule has 0 aromatic heterocycles. The minimum atomic E-state index is -0.701. The summed E-state index contributed by atoms with van der Waals surface area (Å²) < 4.78 is 17.0. The number of fused-ring (bicyclic) bond motifs is 1. The first-order valence-corrected chi connectivity index (χ1v) is 9.68. The number of allylic oxidation sites excluding steroid dienone is 4. The van der Waals surface area contributed by atoms with Crippen molar-refractivity contribution in [2.24, 2.45) is 10.3 Å². The molecule has 8 nitrogen and oxygen atoms in total. The van der Waals surface area contributed by atoms with E-state index >= 15 is 0 Å². The van der Waals surface area contributed by atoms with Gasteiger partial charge in [0.1, 0.15) is 29.0 Å².